The maximum Gasteiger partial charge on any atom is 0.232 e. The van der Waals surface area contributed by atoms with Crippen molar-refractivity contribution in [3.05, 3.63) is 11.7 Å². The minimum absolute atomic E-state index is 0.00401. The van der Waals surface area contributed by atoms with Crippen molar-refractivity contribution < 1.29 is 4.52 Å². The summed E-state index contributed by atoms with van der Waals surface area (Å²) >= 11 is 0. The van der Waals surface area contributed by atoms with E-state index in [-0.39, 0.29) is 10.8 Å². The Labute approximate surface area is 98.6 Å². The van der Waals surface area contributed by atoms with E-state index in [9.17, 15) is 0 Å². The zero-order valence-electron chi connectivity index (χ0n) is 11.4. The normalized spacial score (nSPS) is 13.1. The monoisotopic (exact) mass is 224 g/mol. The molecule has 1 aromatic rings. The first-order chi connectivity index (χ1) is 7.33. The zero-order chi connectivity index (χ0) is 12.4. The van der Waals surface area contributed by atoms with E-state index < -0.39 is 0 Å². The van der Waals surface area contributed by atoms with E-state index in [1.807, 2.05) is 0 Å². The van der Waals surface area contributed by atoms with Crippen LogP contribution >= 0.6 is 0 Å². The second kappa shape index (κ2) is 4.56. The SMILES string of the molecule is CCCC(C)(C)c1nc(C(C)(C)CC)no1. The van der Waals surface area contributed by atoms with E-state index in [0.717, 1.165) is 31.0 Å². The Hall–Kier alpha value is -0.860. The Morgan fingerprint density at radius 2 is 1.69 bits per heavy atom. The number of nitrogens with zero attached hydrogens (tertiary/aromatic N) is 2. The van der Waals surface area contributed by atoms with E-state index in [4.69, 9.17) is 4.52 Å². The van der Waals surface area contributed by atoms with Gasteiger partial charge in [0.25, 0.3) is 0 Å². The molecule has 3 heteroatoms. The van der Waals surface area contributed by atoms with Gasteiger partial charge in [0.15, 0.2) is 5.82 Å². The molecule has 0 unspecified atom stereocenters. The Morgan fingerprint density at radius 3 is 2.19 bits per heavy atom. The third kappa shape index (κ3) is 2.63. The maximum absolute atomic E-state index is 5.41. The highest BCUT2D eigenvalue weighted by atomic mass is 16.5. The number of hydrogen-bond acceptors (Lipinski definition) is 3. The lowest BCUT2D eigenvalue weighted by atomic mass is 9.87. The molecule has 0 N–H and O–H groups in total. The molecule has 0 saturated heterocycles. The first-order valence-electron chi connectivity index (χ1n) is 6.18. The molecule has 1 heterocycles. The van der Waals surface area contributed by atoms with Gasteiger partial charge in [-0.1, -0.05) is 53.1 Å². The Kier molecular flexibility index (Phi) is 3.76. The van der Waals surface area contributed by atoms with Crippen molar-refractivity contribution in [2.75, 3.05) is 0 Å². The number of hydrogen-bond donors (Lipinski definition) is 0. The molecular weight excluding hydrogens is 200 g/mol. The van der Waals surface area contributed by atoms with Gasteiger partial charge in [-0.3, -0.25) is 0 Å². The van der Waals surface area contributed by atoms with Gasteiger partial charge >= 0.3 is 0 Å². The molecule has 0 aliphatic heterocycles. The molecule has 0 radical (unpaired) electrons. The lowest BCUT2D eigenvalue weighted by Gasteiger charge is -2.19. The molecule has 3 nitrogen and oxygen atoms in total. The van der Waals surface area contributed by atoms with E-state index >= 15 is 0 Å². The molecule has 16 heavy (non-hydrogen) atoms. The van der Waals surface area contributed by atoms with Gasteiger partial charge in [-0.2, -0.15) is 4.98 Å². The first-order valence-corrected chi connectivity index (χ1v) is 6.18. The van der Waals surface area contributed by atoms with Crippen LogP contribution in [0.3, 0.4) is 0 Å². The van der Waals surface area contributed by atoms with Crippen molar-refractivity contribution >= 4 is 0 Å². The van der Waals surface area contributed by atoms with Crippen molar-refractivity contribution in [1.29, 1.82) is 0 Å². The van der Waals surface area contributed by atoms with Crippen LogP contribution in [0, 0.1) is 0 Å². The van der Waals surface area contributed by atoms with Gasteiger partial charge in [0.1, 0.15) is 0 Å². The summed E-state index contributed by atoms with van der Waals surface area (Å²) in [7, 11) is 0. The van der Waals surface area contributed by atoms with Crippen molar-refractivity contribution in [3.8, 4) is 0 Å². The van der Waals surface area contributed by atoms with Gasteiger partial charge in [0.2, 0.25) is 5.89 Å². The fraction of sp³-hybridized carbons (Fsp3) is 0.846. The molecule has 1 aromatic heterocycles. The van der Waals surface area contributed by atoms with Crippen molar-refractivity contribution in [2.24, 2.45) is 0 Å². The third-order valence-electron chi connectivity index (χ3n) is 3.37. The van der Waals surface area contributed by atoms with E-state index in [0.29, 0.717) is 0 Å². The van der Waals surface area contributed by atoms with Crippen LogP contribution < -0.4 is 0 Å². The summed E-state index contributed by atoms with van der Waals surface area (Å²) < 4.78 is 5.41. The van der Waals surface area contributed by atoms with Crippen LogP contribution in [0.5, 0.6) is 0 Å². The van der Waals surface area contributed by atoms with Gasteiger partial charge in [-0.05, 0) is 12.8 Å². The maximum atomic E-state index is 5.41. The van der Waals surface area contributed by atoms with Gasteiger partial charge < -0.3 is 4.52 Å². The van der Waals surface area contributed by atoms with Gasteiger partial charge in [-0.25, -0.2) is 0 Å². The summed E-state index contributed by atoms with van der Waals surface area (Å²) in [6, 6.07) is 0. The summed E-state index contributed by atoms with van der Waals surface area (Å²) in [5, 5.41) is 4.12. The van der Waals surface area contributed by atoms with Gasteiger partial charge in [0, 0.05) is 10.8 Å². The molecule has 1 rings (SSSR count). The molecule has 92 valence electrons. The molecule has 0 aliphatic rings. The minimum Gasteiger partial charge on any atom is -0.339 e. The van der Waals surface area contributed by atoms with E-state index in [1.54, 1.807) is 0 Å². The Balaban J connectivity index is 2.95. The summed E-state index contributed by atoms with van der Waals surface area (Å²) in [6.07, 6.45) is 3.21. The molecule has 0 amide bonds. The van der Waals surface area contributed by atoms with E-state index in [1.165, 1.54) is 0 Å². The lowest BCUT2D eigenvalue weighted by molar-refractivity contribution is 0.289. The fourth-order valence-electron chi connectivity index (χ4n) is 1.66. The Morgan fingerprint density at radius 1 is 1.06 bits per heavy atom. The topological polar surface area (TPSA) is 38.9 Å². The van der Waals surface area contributed by atoms with Crippen LogP contribution in [0.25, 0.3) is 0 Å². The van der Waals surface area contributed by atoms with Crippen LogP contribution in [0.1, 0.15) is 72.5 Å². The van der Waals surface area contributed by atoms with E-state index in [2.05, 4.69) is 51.7 Å². The standard InChI is InChI=1S/C13H24N2O/c1-7-9-13(5,6)11-14-10(15-16-11)12(3,4)8-2/h7-9H2,1-6H3. The highest BCUT2D eigenvalue weighted by molar-refractivity contribution is 5.06. The largest absolute Gasteiger partial charge is 0.339 e. The molecule has 0 atom stereocenters. The molecule has 0 bridgehead atoms. The van der Waals surface area contributed by atoms with Gasteiger partial charge in [-0.15, -0.1) is 0 Å². The van der Waals surface area contributed by atoms with Gasteiger partial charge in [0.05, 0.1) is 0 Å². The summed E-state index contributed by atoms with van der Waals surface area (Å²) in [6.45, 7) is 12.9. The molecular formula is C13H24N2O. The minimum atomic E-state index is -0.0101. The number of rotatable bonds is 5. The molecule has 0 aromatic carbocycles. The lowest BCUT2D eigenvalue weighted by Crippen LogP contribution is -2.20. The van der Waals surface area contributed by atoms with Crippen molar-refractivity contribution in [3.63, 3.8) is 0 Å². The van der Waals surface area contributed by atoms with Crippen LogP contribution in [0.4, 0.5) is 0 Å². The predicted molar refractivity (Wildman–Crippen MR) is 65.5 cm³/mol. The zero-order valence-corrected chi connectivity index (χ0v) is 11.4. The van der Waals surface area contributed by atoms with Crippen molar-refractivity contribution in [1.82, 2.24) is 10.1 Å². The molecule has 0 saturated carbocycles. The molecule has 0 aliphatic carbocycles. The highest BCUT2D eigenvalue weighted by Crippen LogP contribution is 2.30. The number of aromatic nitrogens is 2. The third-order valence-corrected chi connectivity index (χ3v) is 3.37. The second-order valence-corrected chi connectivity index (χ2v) is 5.79. The van der Waals surface area contributed by atoms with Crippen LogP contribution in [0.15, 0.2) is 4.52 Å². The summed E-state index contributed by atoms with van der Waals surface area (Å²) in [5.41, 5.74) is -0.00609. The molecule has 0 spiro atoms. The van der Waals surface area contributed by atoms with Crippen molar-refractivity contribution in [2.45, 2.75) is 71.6 Å². The molecule has 0 fully saturated rings. The smallest absolute Gasteiger partial charge is 0.232 e. The Bertz CT molecular complexity index is 339. The van der Waals surface area contributed by atoms with Crippen LogP contribution in [0.2, 0.25) is 0 Å². The van der Waals surface area contributed by atoms with Crippen LogP contribution in [-0.2, 0) is 10.8 Å². The quantitative estimate of drug-likeness (QED) is 0.763. The predicted octanol–water partition coefficient (Wildman–Crippen LogP) is 3.83. The second-order valence-electron chi connectivity index (χ2n) is 5.79. The first kappa shape index (κ1) is 13.2. The average molecular weight is 224 g/mol. The fourth-order valence-corrected chi connectivity index (χ4v) is 1.66. The highest BCUT2D eigenvalue weighted by Gasteiger charge is 2.30. The average Bonchev–Trinajstić information content (AvgIpc) is 2.67. The van der Waals surface area contributed by atoms with Crippen LogP contribution in [-0.4, -0.2) is 10.1 Å². The summed E-state index contributed by atoms with van der Waals surface area (Å²) in [5.74, 6) is 1.60. The summed E-state index contributed by atoms with van der Waals surface area (Å²) in [4.78, 5) is 4.57.